The Morgan fingerprint density at radius 1 is 0.927 bits per heavy atom. The standard InChI is InChI=1S/C32H31F3N4O2/c1-3-4-18-37(31(41)36-25-14-6-5-13-24(25)32(33,34)35)21-29(40)39-27-16-8-7-15-26(27)38-19-10-17-28(38)30(39)23-12-9-11-22(2)20-23/h5-17,19-20,30H,3-4,18,21H2,1-2H3,(H,36,41). The molecule has 0 bridgehead atoms. The summed E-state index contributed by atoms with van der Waals surface area (Å²) in [6.07, 6.45) is -1.36. The number of hydrogen-bond acceptors (Lipinski definition) is 2. The van der Waals surface area contributed by atoms with Crippen molar-refractivity contribution in [2.75, 3.05) is 23.3 Å². The van der Waals surface area contributed by atoms with Gasteiger partial charge in [-0.25, -0.2) is 4.79 Å². The first-order chi connectivity index (χ1) is 19.7. The monoisotopic (exact) mass is 560 g/mol. The number of fused-ring (bicyclic) bond motifs is 3. The number of aromatic nitrogens is 1. The van der Waals surface area contributed by atoms with Gasteiger partial charge < -0.3 is 14.8 Å². The average molecular weight is 561 g/mol. The highest BCUT2D eigenvalue weighted by Gasteiger charge is 2.38. The Morgan fingerprint density at radius 2 is 1.66 bits per heavy atom. The fraction of sp³-hybridized carbons (Fsp3) is 0.250. The van der Waals surface area contributed by atoms with Crippen LogP contribution in [0.5, 0.6) is 0 Å². The van der Waals surface area contributed by atoms with E-state index in [9.17, 15) is 22.8 Å². The molecule has 6 nitrogen and oxygen atoms in total. The second kappa shape index (κ2) is 11.5. The number of halogens is 3. The first-order valence-electron chi connectivity index (χ1n) is 13.6. The average Bonchev–Trinajstić information content (AvgIpc) is 3.44. The lowest BCUT2D eigenvalue weighted by atomic mass is 9.96. The number of nitrogens with one attached hydrogen (secondary N) is 1. The van der Waals surface area contributed by atoms with Gasteiger partial charge in [0.1, 0.15) is 12.6 Å². The molecule has 3 aromatic carbocycles. The van der Waals surface area contributed by atoms with Crippen LogP contribution in [0.2, 0.25) is 0 Å². The summed E-state index contributed by atoms with van der Waals surface area (Å²) in [5, 5.41) is 2.41. The first kappa shape index (κ1) is 28.0. The predicted octanol–water partition coefficient (Wildman–Crippen LogP) is 7.57. The van der Waals surface area contributed by atoms with E-state index in [-0.39, 0.29) is 24.7 Å². The van der Waals surface area contributed by atoms with Crippen molar-refractivity contribution >= 4 is 23.3 Å². The molecule has 0 fully saturated rings. The minimum absolute atomic E-state index is 0.212. The number of carbonyl (C=O) groups excluding carboxylic acids is 2. The Balaban J connectivity index is 1.51. The van der Waals surface area contributed by atoms with Crippen molar-refractivity contribution in [3.63, 3.8) is 0 Å². The lowest BCUT2D eigenvalue weighted by Crippen LogP contribution is -2.48. The Labute approximate surface area is 237 Å². The second-order valence-electron chi connectivity index (χ2n) is 10.1. The molecule has 5 rings (SSSR count). The Bertz CT molecular complexity index is 1560. The number of unbranched alkanes of at least 4 members (excludes halogenated alkanes) is 1. The SMILES string of the molecule is CCCCN(CC(=O)N1c2ccccc2-n2cccc2C1c1cccc(C)c1)C(=O)Nc1ccccc1C(F)(F)F. The van der Waals surface area contributed by atoms with Gasteiger partial charge in [0.15, 0.2) is 0 Å². The molecule has 0 aliphatic carbocycles. The summed E-state index contributed by atoms with van der Waals surface area (Å²) in [6, 6.07) is 23.0. The number of benzene rings is 3. The molecule has 1 atom stereocenters. The van der Waals surface area contributed by atoms with Crippen molar-refractivity contribution in [1.29, 1.82) is 0 Å². The zero-order chi connectivity index (χ0) is 29.1. The fourth-order valence-electron chi connectivity index (χ4n) is 5.29. The molecule has 1 unspecified atom stereocenters. The van der Waals surface area contributed by atoms with Crippen molar-refractivity contribution in [1.82, 2.24) is 9.47 Å². The number of aryl methyl sites for hydroxylation is 1. The molecule has 9 heteroatoms. The minimum atomic E-state index is -4.64. The molecule has 0 spiro atoms. The van der Waals surface area contributed by atoms with E-state index in [1.165, 1.54) is 23.1 Å². The number of nitrogens with zero attached hydrogens (tertiary/aromatic N) is 3. The van der Waals surface area contributed by atoms with E-state index in [0.717, 1.165) is 35.0 Å². The summed E-state index contributed by atoms with van der Waals surface area (Å²) >= 11 is 0. The minimum Gasteiger partial charge on any atom is -0.316 e. The quantitative estimate of drug-likeness (QED) is 0.253. The summed E-state index contributed by atoms with van der Waals surface area (Å²) in [5.41, 5.74) is 3.07. The molecule has 41 heavy (non-hydrogen) atoms. The number of anilines is 2. The number of urea groups is 1. The van der Waals surface area contributed by atoms with Gasteiger partial charge in [0.05, 0.1) is 28.3 Å². The highest BCUT2D eigenvalue weighted by atomic mass is 19.4. The van der Waals surface area contributed by atoms with E-state index in [1.807, 2.05) is 80.7 Å². The Hall–Kier alpha value is -4.53. The van der Waals surface area contributed by atoms with Gasteiger partial charge in [-0.05, 0) is 55.3 Å². The molecule has 0 saturated heterocycles. The maximum absolute atomic E-state index is 14.2. The highest BCUT2D eigenvalue weighted by Crippen LogP contribution is 2.42. The lowest BCUT2D eigenvalue weighted by Gasteiger charge is -2.39. The maximum Gasteiger partial charge on any atom is 0.418 e. The van der Waals surface area contributed by atoms with Gasteiger partial charge in [0.25, 0.3) is 0 Å². The largest absolute Gasteiger partial charge is 0.418 e. The van der Waals surface area contributed by atoms with Gasteiger partial charge >= 0.3 is 12.2 Å². The molecule has 2 heterocycles. The normalized spacial score (nSPS) is 14.3. The predicted molar refractivity (Wildman–Crippen MR) is 153 cm³/mol. The van der Waals surface area contributed by atoms with Crippen LogP contribution in [0.15, 0.2) is 91.1 Å². The summed E-state index contributed by atoms with van der Waals surface area (Å²) < 4.78 is 42.8. The van der Waals surface area contributed by atoms with Gasteiger partial charge in [-0.2, -0.15) is 13.2 Å². The van der Waals surface area contributed by atoms with E-state index >= 15 is 0 Å². The number of hydrogen-bond donors (Lipinski definition) is 1. The van der Waals surface area contributed by atoms with Gasteiger partial charge in [-0.1, -0.05) is 67.4 Å². The molecule has 4 aromatic rings. The molecule has 0 saturated carbocycles. The molecule has 3 amide bonds. The zero-order valence-corrected chi connectivity index (χ0v) is 22.9. The van der Waals surface area contributed by atoms with Crippen LogP contribution in [0.1, 0.15) is 48.2 Å². The van der Waals surface area contributed by atoms with Crippen molar-refractivity contribution in [3.8, 4) is 5.69 Å². The van der Waals surface area contributed by atoms with Gasteiger partial charge in [0, 0.05) is 12.7 Å². The van der Waals surface area contributed by atoms with Crippen molar-refractivity contribution in [2.24, 2.45) is 0 Å². The van der Waals surface area contributed by atoms with Crippen LogP contribution < -0.4 is 10.2 Å². The number of amides is 3. The van der Waals surface area contributed by atoms with Gasteiger partial charge in [0.2, 0.25) is 5.91 Å². The van der Waals surface area contributed by atoms with Crippen LogP contribution in [-0.4, -0.2) is 34.5 Å². The molecular weight excluding hydrogens is 529 g/mol. The number of para-hydroxylation sites is 3. The van der Waals surface area contributed by atoms with Crippen LogP contribution >= 0.6 is 0 Å². The molecule has 1 aliphatic heterocycles. The Morgan fingerprint density at radius 3 is 2.39 bits per heavy atom. The zero-order valence-electron chi connectivity index (χ0n) is 22.9. The third kappa shape index (κ3) is 5.70. The van der Waals surface area contributed by atoms with Crippen LogP contribution in [0.3, 0.4) is 0 Å². The molecule has 1 aromatic heterocycles. The van der Waals surface area contributed by atoms with Gasteiger partial charge in [-0.15, -0.1) is 0 Å². The molecule has 1 N–H and O–H groups in total. The lowest BCUT2D eigenvalue weighted by molar-refractivity contribution is -0.137. The number of rotatable bonds is 7. The maximum atomic E-state index is 14.2. The smallest absolute Gasteiger partial charge is 0.316 e. The number of alkyl halides is 3. The third-order valence-electron chi connectivity index (χ3n) is 7.21. The Kier molecular flexibility index (Phi) is 7.88. The highest BCUT2D eigenvalue weighted by molar-refractivity contribution is 6.01. The van der Waals surface area contributed by atoms with Crippen LogP contribution in [0, 0.1) is 6.92 Å². The first-order valence-corrected chi connectivity index (χ1v) is 13.6. The fourth-order valence-corrected chi connectivity index (χ4v) is 5.29. The topological polar surface area (TPSA) is 57.6 Å². The summed E-state index contributed by atoms with van der Waals surface area (Å²) in [5.74, 6) is -0.341. The van der Waals surface area contributed by atoms with Crippen molar-refractivity contribution in [2.45, 2.75) is 38.9 Å². The van der Waals surface area contributed by atoms with Gasteiger partial charge in [-0.3, -0.25) is 9.69 Å². The summed E-state index contributed by atoms with van der Waals surface area (Å²) in [6.45, 7) is 3.83. The second-order valence-corrected chi connectivity index (χ2v) is 10.1. The molecular formula is C32H31F3N4O2. The summed E-state index contributed by atoms with van der Waals surface area (Å²) in [4.78, 5) is 30.6. The molecule has 1 aliphatic rings. The van der Waals surface area contributed by atoms with Crippen molar-refractivity contribution in [3.05, 3.63) is 114 Å². The third-order valence-corrected chi connectivity index (χ3v) is 7.21. The molecule has 212 valence electrons. The van der Waals surface area contributed by atoms with Crippen LogP contribution in [-0.2, 0) is 11.0 Å². The molecule has 0 radical (unpaired) electrons. The van der Waals surface area contributed by atoms with E-state index in [1.54, 1.807) is 4.90 Å². The van der Waals surface area contributed by atoms with Crippen molar-refractivity contribution < 1.29 is 22.8 Å². The number of carbonyl (C=O) groups is 2. The van der Waals surface area contributed by atoms with Crippen LogP contribution in [0.4, 0.5) is 29.3 Å². The van der Waals surface area contributed by atoms with E-state index in [4.69, 9.17) is 0 Å². The van der Waals surface area contributed by atoms with Crippen LogP contribution in [0.25, 0.3) is 5.69 Å². The van der Waals surface area contributed by atoms with E-state index < -0.39 is 23.8 Å². The van der Waals surface area contributed by atoms with E-state index in [2.05, 4.69) is 9.88 Å². The van der Waals surface area contributed by atoms with E-state index in [0.29, 0.717) is 12.1 Å². The summed E-state index contributed by atoms with van der Waals surface area (Å²) in [7, 11) is 0.